The van der Waals surface area contributed by atoms with Crippen molar-refractivity contribution in [3.05, 3.63) is 0 Å². The van der Waals surface area contributed by atoms with Gasteiger partial charge in [-0.3, -0.25) is 4.90 Å². The quantitative estimate of drug-likeness (QED) is 0.788. The first-order chi connectivity index (χ1) is 7.79. The number of ether oxygens (including phenoxy) is 1. The van der Waals surface area contributed by atoms with E-state index in [0.717, 1.165) is 31.8 Å². The van der Waals surface area contributed by atoms with Gasteiger partial charge in [-0.1, -0.05) is 6.92 Å². The lowest BCUT2D eigenvalue weighted by molar-refractivity contribution is -0.0332. The van der Waals surface area contributed by atoms with Crippen LogP contribution in [0, 0.1) is 0 Å². The third kappa shape index (κ3) is 3.19. The molecule has 2 rings (SSSR count). The summed E-state index contributed by atoms with van der Waals surface area (Å²) in [5.74, 6) is 0. The minimum Gasteiger partial charge on any atom is -0.376 e. The molecular formula is C13H26N2O. The van der Waals surface area contributed by atoms with Gasteiger partial charge >= 0.3 is 0 Å². The second kappa shape index (κ2) is 5.99. The molecule has 0 aromatic heterocycles. The zero-order valence-corrected chi connectivity index (χ0v) is 10.7. The molecule has 1 saturated heterocycles. The van der Waals surface area contributed by atoms with Crippen molar-refractivity contribution in [2.75, 3.05) is 26.2 Å². The molecule has 1 heterocycles. The Morgan fingerprint density at radius 2 is 2.25 bits per heavy atom. The summed E-state index contributed by atoms with van der Waals surface area (Å²) in [6.07, 6.45) is 5.74. The summed E-state index contributed by atoms with van der Waals surface area (Å²) < 4.78 is 5.60. The molecule has 3 atom stereocenters. The van der Waals surface area contributed by atoms with E-state index in [9.17, 15) is 0 Å². The zero-order chi connectivity index (χ0) is 11.4. The first-order valence-corrected chi connectivity index (χ1v) is 6.88. The maximum absolute atomic E-state index is 5.60. The van der Waals surface area contributed by atoms with Crippen LogP contribution in [0.4, 0.5) is 0 Å². The Bertz CT molecular complexity index is 210. The van der Waals surface area contributed by atoms with Crippen LogP contribution in [-0.4, -0.2) is 49.3 Å². The van der Waals surface area contributed by atoms with Gasteiger partial charge in [0.2, 0.25) is 0 Å². The number of nitrogens with one attached hydrogen (secondary N) is 1. The van der Waals surface area contributed by atoms with E-state index in [4.69, 9.17) is 4.74 Å². The third-order valence-corrected chi connectivity index (χ3v) is 3.88. The fourth-order valence-corrected chi connectivity index (χ4v) is 3.00. The number of hydrogen-bond acceptors (Lipinski definition) is 3. The Morgan fingerprint density at radius 1 is 1.38 bits per heavy atom. The summed E-state index contributed by atoms with van der Waals surface area (Å²) >= 11 is 0. The fraction of sp³-hybridized carbons (Fsp3) is 1.00. The summed E-state index contributed by atoms with van der Waals surface area (Å²) in [7, 11) is 0. The molecule has 1 N–H and O–H groups in total. The van der Waals surface area contributed by atoms with Crippen LogP contribution in [0.1, 0.15) is 39.5 Å². The molecule has 1 aliphatic heterocycles. The Labute approximate surface area is 99.5 Å². The van der Waals surface area contributed by atoms with Gasteiger partial charge in [0.25, 0.3) is 0 Å². The van der Waals surface area contributed by atoms with Gasteiger partial charge in [-0.25, -0.2) is 0 Å². The average Bonchev–Trinajstić information content (AvgIpc) is 2.75. The summed E-state index contributed by atoms with van der Waals surface area (Å²) in [4.78, 5) is 2.64. The van der Waals surface area contributed by atoms with E-state index < -0.39 is 0 Å². The summed E-state index contributed by atoms with van der Waals surface area (Å²) in [6, 6.07) is 1.57. The topological polar surface area (TPSA) is 24.5 Å². The number of nitrogens with zero attached hydrogens (tertiary/aromatic N) is 1. The molecular weight excluding hydrogens is 200 g/mol. The van der Waals surface area contributed by atoms with Crippen molar-refractivity contribution in [1.29, 1.82) is 0 Å². The Hall–Kier alpha value is -0.120. The Kier molecular flexibility index (Phi) is 4.62. The van der Waals surface area contributed by atoms with Gasteiger partial charge in [0.15, 0.2) is 0 Å². The van der Waals surface area contributed by atoms with Gasteiger partial charge in [0.1, 0.15) is 0 Å². The van der Waals surface area contributed by atoms with Crippen molar-refractivity contribution < 1.29 is 4.74 Å². The van der Waals surface area contributed by atoms with Crippen LogP contribution in [0.25, 0.3) is 0 Å². The van der Waals surface area contributed by atoms with E-state index in [0.29, 0.717) is 6.10 Å². The van der Waals surface area contributed by atoms with Crippen molar-refractivity contribution in [1.82, 2.24) is 10.2 Å². The van der Waals surface area contributed by atoms with E-state index in [2.05, 4.69) is 24.1 Å². The van der Waals surface area contributed by atoms with E-state index in [-0.39, 0.29) is 0 Å². The monoisotopic (exact) mass is 226 g/mol. The second-order valence-electron chi connectivity index (χ2n) is 5.29. The molecule has 3 unspecified atom stereocenters. The zero-order valence-electron chi connectivity index (χ0n) is 10.7. The minimum atomic E-state index is 0.427. The molecule has 3 nitrogen and oxygen atoms in total. The fourth-order valence-electron chi connectivity index (χ4n) is 3.00. The van der Waals surface area contributed by atoms with E-state index in [1.54, 1.807) is 0 Å². The van der Waals surface area contributed by atoms with E-state index in [1.807, 2.05) is 0 Å². The third-order valence-electron chi connectivity index (χ3n) is 3.88. The molecule has 94 valence electrons. The van der Waals surface area contributed by atoms with E-state index in [1.165, 1.54) is 32.2 Å². The summed E-state index contributed by atoms with van der Waals surface area (Å²) in [5, 5.41) is 3.65. The molecule has 0 spiro atoms. The second-order valence-corrected chi connectivity index (χ2v) is 5.29. The normalized spacial score (nSPS) is 36.8. The standard InChI is InChI=1S/C13H26N2O/c1-3-6-14-12-4-5-13(9-12)15-7-8-16-11(2)10-15/h11-14H,3-10H2,1-2H3. The molecule has 16 heavy (non-hydrogen) atoms. The van der Waals surface area contributed by atoms with Crippen molar-refractivity contribution in [3.63, 3.8) is 0 Å². The lowest BCUT2D eigenvalue weighted by atomic mass is 10.1. The number of morpholine rings is 1. The van der Waals surface area contributed by atoms with Crippen LogP contribution >= 0.6 is 0 Å². The molecule has 2 aliphatic rings. The summed E-state index contributed by atoms with van der Waals surface area (Å²) in [6.45, 7) is 8.79. The molecule has 0 aromatic carbocycles. The average molecular weight is 226 g/mol. The molecule has 1 saturated carbocycles. The van der Waals surface area contributed by atoms with E-state index >= 15 is 0 Å². The molecule has 3 heteroatoms. The predicted molar refractivity (Wildman–Crippen MR) is 66.7 cm³/mol. The highest BCUT2D eigenvalue weighted by molar-refractivity contribution is 4.88. The first-order valence-electron chi connectivity index (χ1n) is 6.88. The van der Waals surface area contributed by atoms with Crippen molar-refractivity contribution in [3.8, 4) is 0 Å². The highest BCUT2D eigenvalue weighted by atomic mass is 16.5. The highest BCUT2D eigenvalue weighted by Crippen LogP contribution is 2.25. The molecule has 2 fully saturated rings. The van der Waals surface area contributed by atoms with Crippen LogP contribution in [-0.2, 0) is 4.74 Å². The molecule has 0 aromatic rings. The van der Waals surface area contributed by atoms with Crippen molar-refractivity contribution in [2.24, 2.45) is 0 Å². The van der Waals surface area contributed by atoms with Gasteiger partial charge in [-0.15, -0.1) is 0 Å². The molecule has 0 radical (unpaired) electrons. The van der Waals surface area contributed by atoms with Crippen LogP contribution < -0.4 is 5.32 Å². The number of hydrogen-bond donors (Lipinski definition) is 1. The van der Waals surface area contributed by atoms with Gasteiger partial charge in [0.05, 0.1) is 12.7 Å². The van der Waals surface area contributed by atoms with Crippen LogP contribution in [0.15, 0.2) is 0 Å². The van der Waals surface area contributed by atoms with Crippen LogP contribution in [0.5, 0.6) is 0 Å². The maximum atomic E-state index is 5.60. The SMILES string of the molecule is CCCNC1CCC(N2CCOC(C)C2)C1. The van der Waals surface area contributed by atoms with Gasteiger partial charge in [0, 0.05) is 25.2 Å². The maximum Gasteiger partial charge on any atom is 0.0674 e. The minimum absolute atomic E-state index is 0.427. The summed E-state index contributed by atoms with van der Waals surface area (Å²) in [5.41, 5.74) is 0. The Morgan fingerprint density at radius 3 is 3.00 bits per heavy atom. The van der Waals surface area contributed by atoms with Crippen molar-refractivity contribution >= 4 is 0 Å². The lowest BCUT2D eigenvalue weighted by Gasteiger charge is -2.35. The largest absolute Gasteiger partial charge is 0.376 e. The van der Waals surface area contributed by atoms with Gasteiger partial charge in [-0.05, 0) is 39.2 Å². The van der Waals surface area contributed by atoms with Gasteiger partial charge < -0.3 is 10.1 Å². The van der Waals surface area contributed by atoms with Gasteiger partial charge in [-0.2, -0.15) is 0 Å². The predicted octanol–water partition coefficient (Wildman–Crippen LogP) is 1.63. The molecule has 0 bridgehead atoms. The van der Waals surface area contributed by atoms with Crippen LogP contribution in [0.2, 0.25) is 0 Å². The smallest absolute Gasteiger partial charge is 0.0674 e. The van der Waals surface area contributed by atoms with Crippen molar-refractivity contribution in [2.45, 2.75) is 57.7 Å². The highest BCUT2D eigenvalue weighted by Gasteiger charge is 2.30. The molecule has 1 aliphatic carbocycles. The van der Waals surface area contributed by atoms with Crippen LogP contribution in [0.3, 0.4) is 0 Å². The lowest BCUT2D eigenvalue weighted by Crippen LogP contribution is -2.46. The Balaban J connectivity index is 1.74. The molecule has 0 amide bonds. The number of rotatable bonds is 4. The first kappa shape index (κ1) is 12.3.